The van der Waals surface area contributed by atoms with Crippen LogP contribution in [0.1, 0.15) is 34.5 Å². The molecule has 72 valence electrons. The van der Waals surface area contributed by atoms with Gasteiger partial charge in [0.15, 0.2) is 5.82 Å². The van der Waals surface area contributed by atoms with Crippen LogP contribution in [0.5, 0.6) is 0 Å². The summed E-state index contributed by atoms with van der Waals surface area (Å²) in [6.07, 6.45) is 0. The molecule has 1 rings (SSSR count). The summed E-state index contributed by atoms with van der Waals surface area (Å²) in [6, 6.07) is 0. The zero-order valence-corrected chi connectivity index (χ0v) is 6.25. The number of H-pyrrole nitrogens is 1. The summed E-state index contributed by atoms with van der Waals surface area (Å²) in [6.45, 7) is 4.82. The van der Waals surface area contributed by atoms with Gasteiger partial charge in [-0.3, -0.25) is 0 Å². The number of ketones is 1. The third kappa shape index (κ3) is 15.9. The molecule has 5 nitrogen and oxygen atoms in total. The molecule has 0 bridgehead atoms. The van der Waals surface area contributed by atoms with Gasteiger partial charge in [0.05, 0.1) is 0 Å². The predicted molar refractivity (Wildman–Crippen MR) is 48.7 cm³/mol. The first kappa shape index (κ1) is 17.0. The molecule has 5 heteroatoms. The number of hydrogen-bond donors (Lipinski definition) is 1. The highest BCUT2D eigenvalue weighted by molar-refractivity contribution is 5.72. The molecule has 0 amide bonds. The molecule has 0 unspecified atom stereocenters. The van der Waals surface area contributed by atoms with Crippen molar-refractivity contribution in [2.45, 2.75) is 35.6 Å². The lowest BCUT2D eigenvalue weighted by Gasteiger charge is -1.59. The highest BCUT2D eigenvalue weighted by atomic mass is 16.1. The second-order valence-electron chi connectivity index (χ2n) is 1.87. The number of Topliss-reactive ketones (excluding diaryl/α,β-unsaturated/α-hetero) is 1. The minimum atomic E-state index is 0. The molecule has 0 aliphatic rings. The fraction of sp³-hybridized carbons (Fsp3) is 0.714. The summed E-state index contributed by atoms with van der Waals surface area (Å²) in [5.74, 6) is 0.843. The lowest BCUT2D eigenvalue weighted by Crippen LogP contribution is -1.69. The van der Waals surface area contributed by atoms with E-state index >= 15 is 0 Å². The number of aromatic amines is 1. The summed E-state index contributed by atoms with van der Waals surface area (Å²) in [4.78, 5) is 9.44. The van der Waals surface area contributed by atoms with Gasteiger partial charge < -0.3 is 4.79 Å². The molecule has 0 aromatic carbocycles. The van der Waals surface area contributed by atoms with E-state index in [1.54, 1.807) is 6.92 Å². The van der Waals surface area contributed by atoms with Gasteiger partial charge in [-0.2, -0.15) is 5.21 Å². The Hall–Kier alpha value is -1.26. The Labute approximate surface area is 73.6 Å². The standard InChI is InChI=1S/C3H6O.C2H4N4.2CH4/c1-3(2)4;1-2-3-5-6-4-2;;/h1-2H3;1H3,(H,3,4,5,6);2*1H4. The fourth-order valence-electron chi connectivity index (χ4n) is 0.212. The zero-order chi connectivity index (χ0) is 7.98. The molecule has 1 aromatic rings. The maximum atomic E-state index is 9.44. The topological polar surface area (TPSA) is 71.5 Å². The van der Waals surface area contributed by atoms with Gasteiger partial charge in [-0.15, -0.1) is 10.2 Å². The van der Waals surface area contributed by atoms with Crippen LogP contribution >= 0.6 is 0 Å². The average Bonchev–Trinajstić information content (AvgIpc) is 2.15. The van der Waals surface area contributed by atoms with Crippen LogP contribution in [0.4, 0.5) is 0 Å². The van der Waals surface area contributed by atoms with Gasteiger partial charge in [0, 0.05) is 0 Å². The maximum absolute atomic E-state index is 9.44. The summed E-state index contributed by atoms with van der Waals surface area (Å²) in [7, 11) is 0. The van der Waals surface area contributed by atoms with Gasteiger partial charge in [0.2, 0.25) is 0 Å². The first-order valence-corrected chi connectivity index (χ1v) is 2.80. The van der Waals surface area contributed by atoms with Crippen molar-refractivity contribution in [1.82, 2.24) is 20.6 Å². The summed E-state index contributed by atoms with van der Waals surface area (Å²) >= 11 is 0. The number of carbonyl (C=O) groups is 1. The third-order valence-electron chi connectivity index (χ3n) is 0.451. The van der Waals surface area contributed by atoms with E-state index in [4.69, 9.17) is 0 Å². The first-order valence-electron chi connectivity index (χ1n) is 2.80. The molecule has 0 fully saturated rings. The molecule has 0 saturated heterocycles. The van der Waals surface area contributed by atoms with Crippen LogP contribution in [0, 0.1) is 6.92 Å². The molecule has 12 heavy (non-hydrogen) atoms. The quantitative estimate of drug-likeness (QED) is 0.645. The van der Waals surface area contributed by atoms with Crippen LogP contribution < -0.4 is 0 Å². The molecule has 1 heterocycles. The zero-order valence-electron chi connectivity index (χ0n) is 6.25. The molecule has 1 N–H and O–H groups in total. The number of aromatic nitrogens is 4. The Morgan fingerprint density at radius 1 is 1.33 bits per heavy atom. The Bertz CT molecular complexity index is 179. The summed E-state index contributed by atoms with van der Waals surface area (Å²) < 4.78 is 0. The second kappa shape index (κ2) is 9.74. The van der Waals surface area contributed by atoms with Crippen LogP contribution in [-0.2, 0) is 4.79 Å². The minimum absolute atomic E-state index is 0. The summed E-state index contributed by atoms with van der Waals surface area (Å²) in [5.41, 5.74) is 0. The summed E-state index contributed by atoms with van der Waals surface area (Å²) in [5, 5.41) is 12.7. The number of hydrogen-bond acceptors (Lipinski definition) is 4. The van der Waals surface area contributed by atoms with E-state index in [1.807, 2.05) is 0 Å². The first-order chi connectivity index (χ1) is 4.63. The number of aryl methyl sites for hydroxylation is 1. The van der Waals surface area contributed by atoms with E-state index in [2.05, 4.69) is 20.6 Å². The van der Waals surface area contributed by atoms with E-state index in [0.29, 0.717) is 5.82 Å². The molecule has 1 aromatic heterocycles. The number of tetrazole rings is 1. The lowest BCUT2D eigenvalue weighted by atomic mass is 10.6. The van der Waals surface area contributed by atoms with E-state index in [0.717, 1.165) is 0 Å². The van der Waals surface area contributed by atoms with Gasteiger partial charge >= 0.3 is 0 Å². The van der Waals surface area contributed by atoms with Crippen LogP contribution in [0.25, 0.3) is 0 Å². The van der Waals surface area contributed by atoms with Crippen molar-refractivity contribution in [2.75, 3.05) is 0 Å². The Kier molecular flexibility index (Phi) is 13.8. The van der Waals surface area contributed by atoms with E-state index in [-0.39, 0.29) is 20.6 Å². The molecule has 0 saturated carbocycles. The van der Waals surface area contributed by atoms with Crippen molar-refractivity contribution in [2.24, 2.45) is 0 Å². The number of carbonyl (C=O) groups excluding carboxylic acids is 1. The van der Waals surface area contributed by atoms with Gasteiger partial charge in [-0.1, -0.05) is 20.1 Å². The largest absolute Gasteiger partial charge is 0.300 e. The van der Waals surface area contributed by atoms with Crippen molar-refractivity contribution < 1.29 is 4.79 Å². The third-order valence-corrected chi connectivity index (χ3v) is 0.451. The van der Waals surface area contributed by atoms with Crippen molar-refractivity contribution in [3.05, 3.63) is 5.82 Å². The van der Waals surface area contributed by atoms with E-state index < -0.39 is 0 Å². The van der Waals surface area contributed by atoms with Crippen LogP contribution in [0.2, 0.25) is 0 Å². The second-order valence-corrected chi connectivity index (χ2v) is 1.87. The van der Waals surface area contributed by atoms with Crippen molar-refractivity contribution in [1.29, 1.82) is 0 Å². The van der Waals surface area contributed by atoms with Crippen LogP contribution in [-0.4, -0.2) is 26.4 Å². The maximum Gasteiger partial charge on any atom is 0.171 e. The molecular weight excluding hydrogens is 156 g/mol. The molecule has 0 aliphatic carbocycles. The van der Waals surface area contributed by atoms with Crippen molar-refractivity contribution in [3.63, 3.8) is 0 Å². The number of rotatable bonds is 0. The van der Waals surface area contributed by atoms with Crippen molar-refractivity contribution in [3.8, 4) is 0 Å². The molecule has 0 spiro atoms. The van der Waals surface area contributed by atoms with Crippen molar-refractivity contribution >= 4 is 5.78 Å². The molecule has 0 atom stereocenters. The Morgan fingerprint density at radius 3 is 1.83 bits per heavy atom. The van der Waals surface area contributed by atoms with Gasteiger partial charge in [-0.05, 0) is 20.8 Å². The molecular formula is C7H18N4O. The minimum Gasteiger partial charge on any atom is -0.300 e. The van der Waals surface area contributed by atoms with Gasteiger partial charge in [0.25, 0.3) is 0 Å². The normalized spacial score (nSPS) is 6.58. The molecule has 0 radical (unpaired) electrons. The highest BCUT2D eigenvalue weighted by Gasteiger charge is 1.78. The smallest absolute Gasteiger partial charge is 0.171 e. The Morgan fingerprint density at radius 2 is 1.75 bits per heavy atom. The predicted octanol–water partition coefficient (Wildman–Crippen LogP) is 1.38. The number of nitrogens with one attached hydrogen (secondary N) is 1. The van der Waals surface area contributed by atoms with Gasteiger partial charge in [0.1, 0.15) is 5.78 Å². The Balaban J connectivity index is -0.000000124. The highest BCUT2D eigenvalue weighted by Crippen LogP contribution is 1.69. The van der Waals surface area contributed by atoms with E-state index in [9.17, 15) is 4.79 Å². The average molecular weight is 174 g/mol. The molecule has 0 aliphatic heterocycles. The number of nitrogens with zero attached hydrogens (tertiary/aromatic N) is 3. The van der Waals surface area contributed by atoms with E-state index in [1.165, 1.54) is 13.8 Å². The van der Waals surface area contributed by atoms with Crippen LogP contribution in [0.3, 0.4) is 0 Å². The SMILES string of the molecule is C.C.CC(C)=O.Cc1nn[nH]n1. The van der Waals surface area contributed by atoms with Gasteiger partial charge in [-0.25, -0.2) is 0 Å². The monoisotopic (exact) mass is 174 g/mol. The fourth-order valence-corrected chi connectivity index (χ4v) is 0.212. The lowest BCUT2D eigenvalue weighted by molar-refractivity contribution is -0.114. The van der Waals surface area contributed by atoms with Crippen LogP contribution in [0.15, 0.2) is 0 Å².